The summed E-state index contributed by atoms with van der Waals surface area (Å²) in [6.07, 6.45) is 1.08. The number of hydrogen-bond acceptors (Lipinski definition) is 3. The molecule has 0 aromatic carbocycles. The average Bonchev–Trinajstić information content (AvgIpc) is 2.15. The van der Waals surface area contributed by atoms with E-state index in [0.717, 1.165) is 13.1 Å². The lowest BCUT2D eigenvalue weighted by Crippen LogP contribution is -2.64. The Hall–Kier alpha value is -0.120. The summed E-state index contributed by atoms with van der Waals surface area (Å²) in [5.41, 5.74) is 5.98. The SMILES string of the molecule is CC(O)C(C)N1CC2CC(C1)C2N. The third-order valence-electron chi connectivity index (χ3n) is 3.91. The van der Waals surface area contributed by atoms with E-state index in [4.69, 9.17) is 5.73 Å². The minimum Gasteiger partial charge on any atom is -0.392 e. The average molecular weight is 184 g/mol. The third kappa shape index (κ3) is 1.49. The van der Waals surface area contributed by atoms with Crippen molar-refractivity contribution in [3.8, 4) is 0 Å². The van der Waals surface area contributed by atoms with Crippen LogP contribution in [0.5, 0.6) is 0 Å². The Labute approximate surface area is 79.9 Å². The van der Waals surface area contributed by atoms with E-state index in [-0.39, 0.29) is 12.1 Å². The van der Waals surface area contributed by atoms with Gasteiger partial charge in [0.25, 0.3) is 0 Å². The molecule has 3 rings (SSSR count). The van der Waals surface area contributed by atoms with Gasteiger partial charge in [-0.25, -0.2) is 0 Å². The van der Waals surface area contributed by atoms with Crippen molar-refractivity contribution in [3.63, 3.8) is 0 Å². The zero-order valence-electron chi connectivity index (χ0n) is 8.48. The summed E-state index contributed by atoms with van der Waals surface area (Å²) in [6, 6.07) is 0.732. The fraction of sp³-hybridized carbons (Fsp3) is 1.00. The van der Waals surface area contributed by atoms with Crippen molar-refractivity contribution in [2.45, 2.75) is 38.5 Å². The monoisotopic (exact) mass is 184 g/mol. The zero-order chi connectivity index (χ0) is 9.59. The van der Waals surface area contributed by atoms with Crippen LogP contribution in [0.25, 0.3) is 0 Å². The second kappa shape index (κ2) is 3.23. The molecule has 3 heteroatoms. The van der Waals surface area contributed by atoms with Crippen molar-refractivity contribution in [1.82, 2.24) is 4.90 Å². The Morgan fingerprint density at radius 1 is 1.31 bits per heavy atom. The predicted molar refractivity (Wildman–Crippen MR) is 52.3 cm³/mol. The number of rotatable bonds is 2. The fourth-order valence-electron chi connectivity index (χ4n) is 2.60. The molecule has 0 radical (unpaired) electrons. The minimum atomic E-state index is -0.228. The van der Waals surface area contributed by atoms with Crippen molar-refractivity contribution >= 4 is 0 Å². The summed E-state index contributed by atoms with van der Waals surface area (Å²) in [7, 11) is 0. The van der Waals surface area contributed by atoms with Crippen LogP contribution in [-0.2, 0) is 0 Å². The van der Waals surface area contributed by atoms with Gasteiger partial charge >= 0.3 is 0 Å². The molecule has 0 spiro atoms. The molecule has 1 aliphatic carbocycles. The maximum Gasteiger partial charge on any atom is 0.0664 e. The number of hydrogen-bond donors (Lipinski definition) is 2. The van der Waals surface area contributed by atoms with Gasteiger partial charge in [0.15, 0.2) is 0 Å². The van der Waals surface area contributed by atoms with Crippen LogP contribution in [0.15, 0.2) is 0 Å². The van der Waals surface area contributed by atoms with Crippen LogP contribution < -0.4 is 5.73 Å². The lowest BCUT2D eigenvalue weighted by atomic mass is 9.66. The molecule has 4 unspecified atom stereocenters. The molecule has 2 aliphatic heterocycles. The number of aliphatic hydroxyl groups excluding tert-OH is 1. The smallest absolute Gasteiger partial charge is 0.0664 e. The highest BCUT2D eigenvalue weighted by Crippen LogP contribution is 2.39. The largest absolute Gasteiger partial charge is 0.392 e. The molecule has 1 saturated carbocycles. The number of nitrogens with zero attached hydrogens (tertiary/aromatic N) is 1. The summed E-state index contributed by atoms with van der Waals surface area (Å²) in [4.78, 5) is 2.38. The zero-order valence-corrected chi connectivity index (χ0v) is 8.48. The lowest BCUT2D eigenvalue weighted by molar-refractivity contribution is -0.0430. The highest BCUT2D eigenvalue weighted by molar-refractivity contribution is 5.01. The Balaban J connectivity index is 1.91. The first kappa shape index (κ1) is 9.44. The van der Waals surface area contributed by atoms with Gasteiger partial charge in [-0.1, -0.05) is 0 Å². The van der Waals surface area contributed by atoms with Crippen LogP contribution in [0.2, 0.25) is 0 Å². The van der Waals surface area contributed by atoms with E-state index in [1.807, 2.05) is 6.92 Å². The van der Waals surface area contributed by atoms with Gasteiger partial charge in [-0.3, -0.25) is 4.90 Å². The normalized spacial score (nSPS) is 43.8. The van der Waals surface area contributed by atoms with E-state index in [1.54, 1.807) is 0 Å². The third-order valence-corrected chi connectivity index (χ3v) is 3.91. The second-order valence-corrected chi connectivity index (χ2v) is 4.77. The van der Waals surface area contributed by atoms with E-state index < -0.39 is 0 Å². The molecular formula is C10H20N2O. The molecule has 76 valence electrons. The summed E-state index contributed by atoms with van der Waals surface area (Å²) >= 11 is 0. The molecular weight excluding hydrogens is 164 g/mol. The van der Waals surface area contributed by atoms with Crippen molar-refractivity contribution in [2.24, 2.45) is 17.6 Å². The van der Waals surface area contributed by atoms with Crippen molar-refractivity contribution in [2.75, 3.05) is 13.1 Å². The minimum absolute atomic E-state index is 0.228. The van der Waals surface area contributed by atoms with Gasteiger partial charge in [0.05, 0.1) is 6.10 Å². The summed E-state index contributed by atoms with van der Waals surface area (Å²) in [5.74, 6) is 1.39. The Morgan fingerprint density at radius 2 is 1.85 bits per heavy atom. The summed E-state index contributed by atoms with van der Waals surface area (Å²) in [5, 5.41) is 9.47. The number of nitrogens with two attached hydrogens (primary N) is 1. The van der Waals surface area contributed by atoms with Gasteiger partial charge < -0.3 is 10.8 Å². The van der Waals surface area contributed by atoms with E-state index in [2.05, 4.69) is 11.8 Å². The molecule has 2 heterocycles. The molecule has 3 N–H and O–H groups in total. The molecule has 3 nitrogen and oxygen atoms in total. The van der Waals surface area contributed by atoms with Crippen molar-refractivity contribution in [1.29, 1.82) is 0 Å². The van der Waals surface area contributed by atoms with Gasteiger partial charge in [0.1, 0.15) is 0 Å². The Kier molecular flexibility index (Phi) is 2.34. The molecule has 2 saturated heterocycles. The first-order valence-corrected chi connectivity index (χ1v) is 5.27. The number of fused-ring (bicyclic) bond motifs is 2. The molecule has 3 aliphatic rings. The highest BCUT2D eigenvalue weighted by atomic mass is 16.3. The van der Waals surface area contributed by atoms with Gasteiger partial charge in [-0.05, 0) is 32.1 Å². The van der Waals surface area contributed by atoms with Crippen LogP contribution in [-0.4, -0.2) is 41.3 Å². The van der Waals surface area contributed by atoms with E-state index >= 15 is 0 Å². The van der Waals surface area contributed by atoms with Crippen LogP contribution >= 0.6 is 0 Å². The molecule has 0 amide bonds. The van der Waals surface area contributed by atoms with E-state index in [0.29, 0.717) is 17.9 Å². The molecule has 13 heavy (non-hydrogen) atoms. The van der Waals surface area contributed by atoms with E-state index in [9.17, 15) is 5.11 Å². The summed E-state index contributed by atoms with van der Waals surface area (Å²) < 4.78 is 0. The van der Waals surface area contributed by atoms with Crippen LogP contribution in [0.1, 0.15) is 20.3 Å². The van der Waals surface area contributed by atoms with Crippen LogP contribution in [0.4, 0.5) is 0 Å². The highest BCUT2D eigenvalue weighted by Gasteiger charge is 2.45. The van der Waals surface area contributed by atoms with Crippen LogP contribution in [0.3, 0.4) is 0 Å². The Morgan fingerprint density at radius 3 is 2.23 bits per heavy atom. The van der Waals surface area contributed by atoms with E-state index in [1.165, 1.54) is 6.42 Å². The second-order valence-electron chi connectivity index (χ2n) is 4.77. The molecule has 0 aromatic rings. The van der Waals surface area contributed by atoms with Gasteiger partial charge in [0.2, 0.25) is 0 Å². The van der Waals surface area contributed by atoms with Gasteiger partial charge in [0, 0.05) is 25.2 Å². The van der Waals surface area contributed by atoms with Gasteiger partial charge in [-0.15, -0.1) is 0 Å². The van der Waals surface area contributed by atoms with Crippen molar-refractivity contribution in [3.05, 3.63) is 0 Å². The predicted octanol–water partition coefficient (Wildman–Crippen LogP) is 0.0347. The molecule has 2 bridgehead atoms. The lowest BCUT2D eigenvalue weighted by Gasteiger charge is -2.54. The standard InChI is InChI=1S/C10H20N2O/c1-6(7(2)13)12-4-8-3-9(5-12)10(8)11/h6-10,13H,3-5,11H2,1-2H3. The first-order chi connectivity index (χ1) is 6.09. The van der Waals surface area contributed by atoms with Crippen molar-refractivity contribution < 1.29 is 5.11 Å². The number of aliphatic hydroxyl groups is 1. The maximum absolute atomic E-state index is 9.47. The van der Waals surface area contributed by atoms with Crippen LogP contribution in [0, 0.1) is 11.8 Å². The fourth-order valence-corrected chi connectivity index (χ4v) is 2.60. The molecule has 0 aromatic heterocycles. The quantitative estimate of drug-likeness (QED) is 0.637. The number of piperidine rings is 2. The first-order valence-electron chi connectivity index (χ1n) is 5.27. The molecule has 4 atom stereocenters. The maximum atomic E-state index is 9.47. The summed E-state index contributed by atoms with van der Waals surface area (Å²) in [6.45, 7) is 6.14. The van der Waals surface area contributed by atoms with Gasteiger partial charge in [-0.2, -0.15) is 0 Å². The molecule has 3 fully saturated rings. The topological polar surface area (TPSA) is 49.5 Å². The Bertz CT molecular complexity index is 183.